The maximum Gasteiger partial charge on any atom is 0.124 e. The molecule has 0 aliphatic carbocycles. The van der Waals surface area contributed by atoms with Gasteiger partial charge in [-0.15, -0.1) is 11.3 Å². The smallest absolute Gasteiger partial charge is 0.124 e. The van der Waals surface area contributed by atoms with Gasteiger partial charge in [-0.3, -0.25) is 0 Å². The van der Waals surface area contributed by atoms with E-state index in [0.29, 0.717) is 13.0 Å². The van der Waals surface area contributed by atoms with E-state index in [1.807, 2.05) is 0 Å². The first-order valence-corrected chi connectivity index (χ1v) is 7.96. The molecule has 2 rings (SSSR count). The summed E-state index contributed by atoms with van der Waals surface area (Å²) in [5.41, 5.74) is 2.24. The van der Waals surface area contributed by atoms with Crippen LogP contribution in [0.2, 0.25) is 0 Å². The summed E-state index contributed by atoms with van der Waals surface area (Å²) < 4.78 is 4.88. The Morgan fingerprint density at radius 2 is 2.37 bits per heavy atom. The van der Waals surface area contributed by atoms with E-state index in [4.69, 9.17) is 4.74 Å². The quantitative estimate of drug-likeness (QED) is 0.735. The number of hydrogen-bond acceptors (Lipinski definition) is 6. The van der Waals surface area contributed by atoms with E-state index in [1.165, 1.54) is 5.56 Å². The summed E-state index contributed by atoms with van der Waals surface area (Å²) in [4.78, 5) is 4.58. The summed E-state index contributed by atoms with van der Waals surface area (Å²) in [7, 11) is 1.60. The third kappa shape index (κ3) is 4.67. The number of aliphatic hydroxyl groups excluding tert-OH is 1. The summed E-state index contributed by atoms with van der Waals surface area (Å²) >= 11 is 3.35. The molecule has 0 spiro atoms. The van der Waals surface area contributed by atoms with E-state index in [1.54, 1.807) is 29.8 Å². The van der Waals surface area contributed by atoms with E-state index < -0.39 is 6.10 Å². The largest absolute Gasteiger partial charge is 0.391 e. The zero-order valence-corrected chi connectivity index (χ0v) is 12.5. The molecule has 0 saturated carbocycles. The van der Waals surface area contributed by atoms with E-state index in [9.17, 15) is 5.11 Å². The number of methoxy groups -OCH3 is 1. The lowest BCUT2D eigenvalue weighted by atomic mass is 10.2. The van der Waals surface area contributed by atoms with E-state index >= 15 is 0 Å². The van der Waals surface area contributed by atoms with Gasteiger partial charge in [0.1, 0.15) is 5.01 Å². The summed E-state index contributed by atoms with van der Waals surface area (Å²) in [6.45, 7) is 1.89. The van der Waals surface area contributed by atoms with Crippen LogP contribution in [0.1, 0.15) is 12.1 Å². The number of hydrogen-bond donors (Lipinski definition) is 2. The molecule has 6 heteroatoms. The molecular formula is C13H18N2O2S2. The number of thiophene rings is 1. The number of rotatable bonds is 8. The predicted octanol–water partition coefficient (Wildman–Crippen LogP) is 2.36. The molecule has 19 heavy (non-hydrogen) atoms. The number of aromatic nitrogens is 1. The number of ether oxygens (including phenoxy) is 1. The maximum absolute atomic E-state index is 9.50. The van der Waals surface area contributed by atoms with Gasteiger partial charge in [-0.2, -0.15) is 11.3 Å². The van der Waals surface area contributed by atoms with Crippen LogP contribution in [0.15, 0.2) is 22.2 Å². The topological polar surface area (TPSA) is 54.4 Å². The van der Waals surface area contributed by atoms with Gasteiger partial charge in [0.2, 0.25) is 0 Å². The summed E-state index contributed by atoms with van der Waals surface area (Å²) in [5, 5.41) is 20.1. The Morgan fingerprint density at radius 1 is 1.47 bits per heavy atom. The van der Waals surface area contributed by atoms with Gasteiger partial charge in [0.15, 0.2) is 0 Å². The molecule has 2 heterocycles. The molecule has 0 saturated heterocycles. The van der Waals surface area contributed by atoms with Gasteiger partial charge in [0.25, 0.3) is 0 Å². The molecule has 2 aromatic heterocycles. The van der Waals surface area contributed by atoms with E-state index in [-0.39, 0.29) is 0 Å². The average molecular weight is 298 g/mol. The Balaban J connectivity index is 1.72. The number of thiazole rings is 1. The highest BCUT2D eigenvalue weighted by Gasteiger charge is 2.06. The maximum atomic E-state index is 9.50. The highest BCUT2D eigenvalue weighted by Crippen LogP contribution is 2.25. The standard InChI is InChI=1S/C13H18N2O2S2/c1-17-7-12(16)2-4-14-6-11-9-19-13(15-11)10-3-5-18-8-10/h3,5,8-9,12,14,16H,2,4,6-7H2,1H3. The van der Waals surface area contributed by atoms with Gasteiger partial charge in [-0.25, -0.2) is 4.98 Å². The summed E-state index contributed by atoms with van der Waals surface area (Å²) in [5.74, 6) is 0. The summed E-state index contributed by atoms with van der Waals surface area (Å²) in [6.07, 6.45) is 0.296. The molecule has 1 unspecified atom stereocenters. The van der Waals surface area contributed by atoms with Crippen molar-refractivity contribution in [2.24, 2.45) is 0 Å². The van der Waals surface area contributed by atoms with Gasteiger partial charge >= 0.3 is 0 Å². The Labute approximate surface area is 121 Å². The lowest BCUT2D eigenvalue weighted by molar-refractivity contribution is 0.0594. The minimum Gasteiger partial charge on any atom is -0.391 e. The van der Waals surface area contributed by atoms with Gasteiger partial charge in [-0.05, 0) is 24.4 Å². The lowest BCUT2D eigenvalue weighted by Crippen LogP contribution is -2.23. The third-order valence-electron chi connectivity index (χ3n) is 2.64. The Morgan fingerprint density at radius 3 is 3.11 bits per heavy atom. The zero-order valence-electron chi connectivity index (χ0n) is 10.8. The van der Waals surface area contributed by atoms with Crippen LogP contribution in [0.25, 0.3) is 10.6 Å². The lowest BCUT2D eigenvalue weighted by Gasteiger charge is -2.09. The molecule has 0 amide bonds. The molecule has 1 atom stereocenters. The van der Waals surface area contributed by atoms with Crippen LogP contribution < -0.4 is 5.32 Å². The highest BCUT2D eigenvalue weighted by molar-refractivity contribution is 7.14. The normalized spacial score (nSPS) is 12.7. The Hall–Kier alpha value is -0.790. The first-order chi connectivity index (χ1) is 9.29. The van der Waals surface area contributed by atoms with Crippen molar-refractivity contribution >= 4 is 22.7 Å². The fraction of sp³-hybridized carbons (Fsp3) is 0.462. The van der Waals surface area contributed by atoms with Crippen molar-refractivity contribution in [1.82, 2.24) is 10.3 Å². The van der Waals surface area contributed by atoms with Gasteiger partial charge < -0.3 is 15.2 Å². The van der Waals surface area contributed by atoms with Crippen molar-refractivity contribution < 1.29 is 9.84 Å². The highest BCUT2D eigenvalue weighted by atomic mass is 32.1. The fourth-order valence-electron chi connectivity index (χ4n) is 1.67. The van der Waals surface area contributed by atoms with E-state index in [0.717, 1.165) is 23.8 Å². The summed E-state index contributed by atoms with van der Waals surface area (Å²) in [6, 6.07) is 2.09. The number of aliphatic hydroxyl groups is 1. The van der Waals surface area contributed by atoms with Crippen molar-refractivity contribution in [1.29, 1.82) is 0 Å². The minimum atomic E-state index is -0.394. The monoisotopic (exact) mass is 298 g/mol. The van der Waals surface area contributed by atoms with Crippen molar-refractivity contribution in [3.05, 3.63) is 27.9 Å². The van der Waals surface area contributed by atoms with Crippen molar-refractivity contribution in [2.75, 3.05) is 20.3 Å². The predicted molar refractivity (Wildman–Crippen MR) is 79.6 cm³/mol. The minimum absolute atomic E-state index is 0.390. The Bertz CT molecular complexity index is 471. The second-order valence-corrected chi connectivity index (χ2v) is 5.87. The van der Waals surface area contributed by atoms with Crippen LogP contribution in [0.5, 0.6) is 0 Å². The molecule has 0 bridgehead atoms. The fourth-order valence-corrected chi connectivity index (χ4v) is 3.20. The number of nitrogens with one attached hydrogen (secondary N) is 1. The van der Waals surface area contributed by atoms with Crippen LogP contribution >= 0.6 is 22.7 Å². The second-order valence-electron chi connectivity index (χ2n) is 4.23. The molecular weight excluding hydrogens is 280 g/mol. The van der Waals surface area contributed by atoms with Crippen LogP contribution in [-0.4, -0.2) is 36.5 Å². The van der Waals surface area contributed by atoms with Crippen LogP contribution in [0, 0.1) is 0 Å². The van der Waals surface area contributed by atoms with Crippen LogP contribution in [0.4, 0.5) is 0 Å². The van der Waals surface area contributed by atoms with Crippen LogP contribution in [-0.2, 0) is 11.3 Å². The molecule has 0 aliphatic rings. The van der Waals surface area contributed by atoms with Gasteiger partial charge in [-0.1, -0.05) is 0 Å². The number of nitrogens with zero attached hydrogens (tertiary/aromatic N) is 1. The molecule has 0 fully saturated rings. The second kappa shape index (κ2) is 7.72. The van der Waals surface area contributed by atoms with Crippen molar-refractivity contribution in [2.45, 2.75) is 19.1 Å². The molecule has 0 radical (unpaired) electrons. The van der Waals surface area contributed by atoms with E-state index in [2.05, 4.69) is 32.5 Å². The van der Waals surface area contributed by atoms with Crippen molar-refractivity contribution in [3.63, 3.8) is 0 Å². The van der Waals surface area contributed by atoms with Crippen molar-refractivity contribution in [3.8, 4) is 10.6 Å². The molecule has 2 N–H and O–H groups in total. The third-order valence-corrected chi connectivity index (χ3v) is 4.26. The first-order valence-electron chi connectivity index (χ1n) is 6.14. The van der Waals surface area contributed by atoms with Gasteiger partial charge in [0.05, 0.1) is 18.4 Å². The molecule has 104 valence electrons. The Kier molecular flexibility index (Phi) is 5.93. The molecule has 4 nitrogen and oxygen atoms in total. The van der Waals surface area contributed by atoms with Crippen LogP contribution in [0.3, 0.4) is 0 Å². The SMILES string of the molecule is COCC(O)CCNCc1csc(-c2ccsc2)n1. The molecule has 0 aromatic carbocycles. The molecule has 2 aromatic rings. The van der Waals surface area contributed by atoms with Gasteiger partial charge in [0, 0.05) is 30.0 Å². The first kappa shape index (κ1) is 14.6. The zero-order chi connectivity index (χ0) is 13.5. The molecule has 0 aliphatic heterocycles. The average Bonchev–Trinajstić information content (AvgIpc) is 3.05.